The van der Waals surface area contributed by atoms with Crippen molar-refractivity contribution in [1.82, 2.24) is 0 Å². The third-order valence-electron chi connectivity index (χ3n) is 2.32. The lowest BCUT2D eigenvalue weighted by molar-refractivity contribution is -0.114. The zero-order valence-electron chi connectivity index (χ0n) is 9.29. The van der Waals surface area contributed by atoms with Crippen LogP contribution in [0.4, 0.5) is 5.69 Å². The molecule has 1 rings (SSSR count). The zero-order chi connectivity index (χ0) is 11.3. The molecule has 0 aliphatic carbocycles. The van der Waals surface area contributed by atoms with Gasteiger partial charge in [-0.25, -0.2) is 0 Å². The largest absolute Gasteiger partial charge is 0.326 e. The van der Waals surface area contributed by atoms with Crippen LogP contribution in [-0.4, -0.2) is 5.91 Å². The lowest BCUT2D eigenvalue weighted by atomic mass is 9.98. The van der Waals surface area contributed by atoms with Crippen LogP contribution >= 0.6 is 0 Å². The van der Waals surface area contributed by atoms with Crippen LogP contribution in [0, 0.1) is 0 Å². The van der Waals surface area contributed by atoms with Gasteiger partial charge in [0.15, 0.2) is 0 Å². The normalized spacial score (nSPS) is 11.9. The number of nitrogens with one attached hydrogen (secondary N) is 1. The van der Waals surface area contributed by atoms with Gasteiger partial charge in [-0.1, -0.05) is 25.1 Å². The molecule has 1 unspecified atom stereocenters. The molecule has 0 aromatic heterocycles. The Morgan fingerprint density at radius 3 is 2.53 bits per heavy atom. The van der Waals surface area contributed by atoms with Crippen LogP contribution in [-0.2, 0) is 4.79 Å². The summed E-state index contributed by atoms with van der Waals surface area (Å²) in [6, 6.07) is 7.94. The van der Waals surface area contributed by atoms with Crippen LogP contribution in [0.3, 0.4) is 0 Å². The molecule has 0 saturated carbocycles. The van der Waals surface area contributed by atoms with Crippen LogP contribution in [0.25, 0.3) is 0 Å². The second kappa shape index (κ2) is 5.35. The number of benzene rings is 1. The lowest BCUT2D eigenvalue weighted by Crippen LogP contribution is -2.05. The van der Waals surface area contributed by atoms with Crippen molar-refractivity contribution in [2.45, 2.75) is 26.2 Å². The Morgan fingerprint density at radius 2 is 2.07 bits per heavy atom. The van der Waals surface area contributed by atoms with E-state index in [1.54, 1.807) is 0 Å². The first-order chi connectivity index (χ1) is 7.13. The van der Waals surface area contributed by atoms with Gasteiger partial charge in [-0.05, 0) is 30.0 Å². The number of carbonyl (C=O) groups is 1. The smallest absolute Gasteiger partial charge is 0.221 e. The van der Waals surface area contributed by atoms with Crippen molar-refractivity contribution in [3.63, 3.8) is 0 Å². The van der Waals surface area contributed by atoms with Crippen molar-refractivity contribution < 1.29 is 4.79 Å². The van der Waals surface area contributed by atoms with Gasteiger partial charge in [0.05, 0.1) is 0 Å². The van der Waals surface area contributed by atoms with Gasteiger partial charge in [0.25, 0.3) is 0 Å². The maximum Gasteiger partial charge on any atom is 0.221 e. The fourth-order valence-electron chi connectivity index (χ4n) is 1.48. The summed E-state index contributed by atoms with van der Waals surface area (Å²) in [5, 5.41) is 2.74. The fraction of sp³-hybridized carbons (Fsp3) is 0.308. The second-order valence-corrected chi connectivity index (χ2v) is 3.73. The number of hydrogen-bond acceptors (Lipinski definition) is 1. The number of carbonyl (C=O) groups excluding carboxylic acids is 1. The number of hydrogen-bond donors (Lipinski definition) is 1. The van der Waals surface area contributed by atoms with Gasteiger partial charge in [-0.2, -0.15) is 0 Å². The highest BCUT2D eigenvalue weighted by Gasteiger charge is 2.03. The van der Waals surface area contributed by atoms with E-state index in [9.17, 15) is 4.79 Å². The van der Waals surface area contributed by atoms with E-state index in [0.717, 1.165) is 12.1 Å². The SMILES string of the molecule is C=CCC(C)c1ccc(NC(C)=O)cc1. The highest BCUT2D eigenvalue weighted by atomic mass is 16.1. The summed E-state index contributed by atoms with van der Waals surface area (Å²) in [6.07, 6.45) is 2.89. The van der Waals surface area contributed by atoms with Gasteiger partial charge < -0.3 is 5.32 Å². The molecule has 2 nitrogen and oxygen atoms in total. The molecule has 0 bridgehead atoms. The Labute approximate surface area is 91.0 Å². The van der Waals surface area contributed by atoms with Crippen molar-refractivity contribution in [2.24, 2.45) is 0 Å². The predicted molar refractivity (Wildman–Crippen MR) is 64.0 cm³/mol. The number of amides is 1. The summed E-state index contributed by atoms with van der Waals surface area (Å²) in [6.45, 7) is 7.40. The molecule has 0 aliphatic rings. The van der Waals surface area contributed by atoms with Crippen molar-refractivity contribution in [2.75, 3.05) is 5.32 Å². The Morgan fingerprint density at radius 1 is 1.47 bits per heavy atom. The molecule has 0 aliphatic heterocycles. The first kappa shape index (κ1) is 11.5. The van der Waals surface area contributed by atoms with Crippen LogP contribution in [0.5, 0.6) is 0 Å². The predicted octanol–water partition coefficient (Wildman–Crippen LogP) is 3.32. The topological polar surface area (TPSA) is 29.1 Å². The summed E-state index contributed by atoms with van der Waals surface area (Å²) in [5.41, 5.74) is 2.11. The van der Waals surface area contributed by atoms with E-state index in [4.69, 9.17) is 0 Å². The first-order valence-electron chi connectivity index (χ1n) is 5.12. The summed E-state index contributed by atoms with van der Waals surface area (Å²) in [4.78, 5) is 10.8. The van der Waals surface area contributed by atoms with Gasteiger partial charge in [0.2, 0.25) is 5.91 Å². The van der Waals surface area contributed by atoms with Gasteiger partial charge >= 0.3 is 0 Å². The van der Waals surface area contributed by atoms with E-state index in [1.165, 1.54) is 12.5 Å². The Hall–Kier alpha value is -1.57. The molecule has 1 amide bonds. The highest BCUT2D eigenvalue weighted by molar-refractivity contribution is 5.88. The summed E-state index contributed by atoms with van der Waals surface area (Å²) in [7, 11) is 0. The van der Waals surface area contributed by atoms with Crippen molar-refractivity contribution >= 4 is 11.6 Å². The summed E-state index contributed by atoms with van der Waals surface area (Å²) in [5.74, 6) is 0.441. The molecule has 0 saturated heterocycles. The van der Waals surface area contributed by atoms with E-state index < -0.39 is 0 Å². The summed E-state index contributed by atoms with van der Waals surface area (Å²) < 4.78 is 0. The average Bonchev–Trinajstić information content (AvgIpc) is 2.18. The van der Waals surface area contributed by atoms with Crippen LogP contribution in [0.15, 0.2) is 36.9 Å². The van der Waals surface area contributed by atoms with E-state index in [2.05, 4.69) is 18.8 Å². The molecule has 0 fully saturated rings. The van der Waals surface area contributed by atoms with Crippen molar-refractivity contribution in [3.05, 3.63) is 42.5 Å². The monoisotopic (exact) mass is 203 g/mol. The molecule has 1 N–H and O–H groups in total. The minimum atomic E-state index is -0.0399. The van der Waals surface area contributed by atoms with Crippen molar-refractivity contribution in [3.8, 4) is 0 Å². The van der Waals surface area contributed by atoms with Gasteiger partial charge in [0, 0.05) is 12.6 Å². The third-order valence-corrected chi connectivity index (χ3v) is 2.32. The Kier molecular flexibility index (Phi) is 4.10. The molecule has 0 radical (unpaired) electrons. The average molecular weight is 203 g/mol. The maximum absolute atomic E-state index is 10.8. The quantitative estimate of drug-likeness (QED) is 0.747. The first-order valence-corrected chi connectivity index (χ1v) is 5.12. The van der Waals surface area contributed by atoms with Crippen molar-refractivity contribution in [1.29, 1.82) is 0 Å². The van der Waals surface area contributed by atoms with Gasteiger partial charge in [0.1, 0.15) is 0 Å². The number of anilines is 1. The third kappa shape index (κ3) is 3.58. The van der Waals surface area contributed by atoms with Gasteiger partial charge in [-0.3, -0.25) is 4.79 Å². The van der Waals surface area contributed by atoms with Crippen LogP contribution in [0.1, 0.15) is 31.7 Å². The van der Waals surface area contributed by atoms with Crippen LogP contribution < -0.4 is 5.32 Å². The number of rotatable bonds is 4. The molecule has 1 aromatic rings. The molecule has 2 heteroatoms. The molecule has 0 heterocycles. The minimum Gasteiger partial charge on any atom is -0.326 e. The lowest BCUT2D eigenvalue weighted by Gasteiger charge is -2.10. The molecule has 80 valence electrons. The number of allylic oxidation sites excluding steroid dienone is 1. The molecule has 1 aromatic carbocycles. The molecular weight excluding hydrogens is 186 g/mol. The van der Waals surface area contributed by atoms with Crippen LogP contribution in [0.2, 0.25) is 0 Å². The molecular formula is C13H17NO. The van der Waals surface area contributed by atoms with E-state index in [1.807, 2.05) is 30.3 Å². The Bertz CT molecular complexity index is 340. The minimum absolute atomic E-state index is 0.0399. The van der Waals surface area contributed by atoms with E-state index in [-0.39, 0.29) is 5.91 Å². The highest BCUT2D eigenvalue weighted by Crippen LogP contribution is 2.20. The molecule has 15 heavy (non-hydrogen) atoms. The maximum atomic E-state index is 10.8. The van der Waals surface area contributed by atoms with E-state index >= 15 is 0 Å². The van der Waals surface area contributed by atoms with E-state index in [0.29, 0.717) is 5.92 Å². The Balaban J connectivity index is 2.71. The van der Waals surface area contributed by atoms with Gasteiger partial charge in [-0.15, -0.1) is 6.58 Å². The fourth-order valence-corrected chi connectivity index (χ4v) is 1.48. The molecule has 0 spiro atoms. The standard InChI is InChI=1S/C13H17NO/c1-4-5-10(2)12-6-8-13(9-7-12)14-11(3)15/h4,6-10H,1,5H2,2-3H3,(H,14,15). The zero-order valence-corrected chi connectivity index (χ0v) is 9.29. The second-order valence-electron chi connectivity index (χ2n) is 3.73. The molecule has 1 atom stereocenters. The summed E-state index contributed by atoms with van der Waals surface area (Å²) >= 11 is 0.